The number of hydrogen-bond donors (Lipinski definition) is 0. The fourth-order valence-corrected chi connectivity index (χ4v) is 4.22. The molecule has 1 aromatic carbocycles. The summed E-state index contributed by atoms with van der Waals surface area (Å²) in [5.41, 5.74) is 2.18. The maximum Gasteiger partial charge on any atom is 0.201 e. The van der Waals surface area contributed by atoms with E-state index >= 15 is 0 Å². The Labute approximate surface area is 127 Å². The average molecular weight is 318 g/mol. The fourth-order valence-electron chi connectivity index (χ4n) is 2.22. The molecule has 2 aromatic heterocycles. The number of para-hydroxylation sites is 1. The first-order valence-corrected chi connectivity index (χ1v) is 8.99. The summed E-state index contributed by atoms with van der Waals surface area (Å²) >= 11 is 1.45. The van der Waals surface area contributed by atoms with Gasteiger partial charge in [0.25, 0.3) is 0 Å². The van der Waals surface area contributed by atoms with Crippen LogP contribution >= 0.6 is 11.3 Å². The van der Waals surface area contributed by atoms with Crippen LogP contribution in [0.1, 0.15) is 16.3 Å². The molecular weight excluding hydrogens is 304 g/mol. The van der Waals surface area contributed by atoms with Gasteiger partial charge >= 0.3 is 0 Å². The minimum absolute atomic E-state index is 0.109. The van der Waals surface area contributed by atoms with Crippen LogP contribution in [0.4, 0.5) is 0 Å². The van der Waals surface area contributed by atoms with Crippen molar-refractivity contribution in [3.63, 3.8) is 0 Å². The van der Waals surface area contributed by atoms with E-state index in [1.54, 1.807) is 11.4 Å². The molecule has 0 unspecified atom stereocenters. The maximum absolute atomic E-state index is 12.5. The van der Waals surface area contributed by atoms with E-state index in [-0.39, 0.29) is 10.8 Å². The summed E-state index contributed by atoms with van der Waals surface area (Å²) in [4.78, 5) is 8.52. The Morgan fingerprint density at radius 1 is 1.14 bits per heavy atom. The Balaban J connectivity index is 2.06. The molecule has 0 amide bonds. The minimum Gasteiger partial charge on any atom is -0.246 e. The van der Waals surface area contributed by atoms with Gasteiger partial charge in [-0.3, -0.25) is 0 Å². The summed E-state index contributed by atoms with van der Waals surface area (Å²) in [5.74, 6) is -0.109. The SMILES string of the molecule is Cc1nc(CS(=O)(=O)c2cc(C)c3ccccc3n2)cs1. The second-order valence-electron chi connectivity index (χ2n) is 4.91. The van der Waals surface area contributed by atoms with Gasteiger partial charge in [-0.2, -0.15) is 0 Å². The minimum atomic E-state index is -3.48. The summed E-state index contributed by atoms with van der Waals surface area (Å²) in [5, 5.41) is 3.73. The number of aromatic nitrogens is 2. The molecule has 3 rings (SSSR count). The number of sulfone groups is 1. The van der Waals surface area contributed by atoms with Crippen LogP contribution in [-0.4, -0.2) is 18.4 Å². The van der Waals surface area contributed by atoms with Crippen molar-refractivity contribution in [2.45, 2.75) is 24.6 Å². The van der Waals surface area contributed by atoms with E-state index < -0.39 is 9.84 Å². The molecule has 0 aliphatic heterocycles. The molecule has 0 fully saturated rings. The smallest absolute Gasteiger partial charge is 0.201 e. The van der Waals surface area contributed by atoms with Crippen molar-refractivity contribution >= 4 is 32.1 Å². The highest BCUT2D eigenvalue weighted by Gasteiger charge is 2.20. The highest BCUT2D eigenvalue weighted by atomic mass is 32.2. The van der Waals surface area contributed by atoms with Crippen LogP contribution in [0.2, 0.25) is 0 Å². The Morgan fingerprint density at radius 3 is 2.62 bits per heavy atom. The van der Waals surface area contributed by atoms with Gasteiger partial charge in [-0.05, 0) is 31.5 Å². The number of thiazole rings is 1. The lowest BCUT2D eigenvalue weighted by molar-refractivity contribution is 0.591. The molecule has 0 saturated carbocycles. The number of hydrogen-bond acceptors (Lipinski definition) is 5. The zero-order chi connectivity index (χ0) is 15.0. The van der Waals surface area contributed by atoms with Gasteiger partial charge in [0.2, 0.25) is 9.84 Å². The normalized spacial score (nSPS) is 11.9. The number of benzene rings is 1. The highest BCUT2D eigenvalue weighted by molar-refractivity contribution is 7.90. The van der Waals surface area contributed by atoms with Crippen molar-refractivity contribution in [3.8, 4) is 0 Å². The van der Waals surface area contributed by atoms with Crippen LogP contribution in [0.25, 0.3) is 10.9 Å². The number of fused-ring (bicyclic) bond motifs is 1. The van der Waals surface area contributed by atoms with Crippen molar-refractivity contribution in [1.82, 2.24) is 9.97 Å². The molecule has 0 atom stereocenters. The van der Waals surface area contributed by atoms with Crippen molar-refractivity contribution in [2.24, 2.45) is 0 Å². The van der Waals surface area contributed by atoms with Gasteiger partial charge in [-0.1, -0.05) is 18.2 Å². The van der Waals surface area contributed by atoms with E-state index in [1.165, 1.54) is 11.3 Å². The summed E-state index contributed by atoms with van der Waals surface area (Å²) in [7, 11) is -3.48. The van der Waals surface area contributed by atoms with Crippen LogP contribution in [0.15, 0.2) is 40.7 Å². The lowest BCUT2D eigenvalue weighted by Crippen LogP contribution is -2.08. The molecule has 0 N–H and O–H groups in total. The van der Waals surface area contributed by atoms with Gasteiger partial charge in [-0.25, -0.2) is 18.4 Å². The summed E-state index contributed by atoms with van der Waals surface area (Å²) in [6, 6.07) is 9.18. The van der Waals surface area contributed by atoms with Crippen molar-refractivity contribution in [2.75, 3.05) is 0 Å². The zero-order valence-electron chi connectivity index (χ0n) is 11.7. The van der Waals surface area contributed by atoms with Gasteiger partial charge in [0, 0.05) is 10.8 Å². The third-order valence-corrected chi connectivity index (χ3v) is 5.57. The molecule has 4 nitrogen and oxygen atoms in total. The first kappa shape index (κ1) is 14.2. The fraction of sp³-hybridized carbons (Fsp3) is 0.200. The molecule has 21 heavy (non-hydrogen) atoms. The van der Waals surface area contributed by atoms with Crippen LogP contribution in [-0.2, 0) is 15.6 Å². The summed E-state index contributed by atoms with van der Waals surface area (Å²) in [6.07, 6.45) is 0. The van der Waals surface area contributed by atoms with Gasteiger partial charge in [0.1, 0.15) is 0 Å². The van der Waals surface area contributed by atoms with E-state index in [1.807, 2.05) is 38.1 Å². The monoisotopic (exact) mass is 318 g/mol. The Morgan fingerprint density at radius 2 is 1.90 bits per heavy atom. The second-order valence-corrected chi connectivity index (χ2v) is 7.91. The highest BCUT2D eigenvalue weighted by Crippen LogP contribution is 2.22. The van der Waals surface area contributed by atoms with Crippen LogP contribution < -0.4 is 0 Å². The third-order valence-electron chi connectivity index (χ3n) is 3.22. The Bertz CT molecular complexity index is 914. The van der Waals surface area contributed by atoms with Crippen LogP contribution in [0, 0.1) is 13.8 Å². The van der Waals surface area contributed by atoms with Crippen molar-refractivity contribution in [3.05, 3.63) is 52.0 Å². The predicted octanol–water partition coefficient (Wildman–Crippen LogP) is 3.28. The van der Waals surface area contributed by atoms with Crippen molar-refractivity contribution < 1.29 is 8.42 Å². The predicted molar refractivity (Wildman–Crippen MR) is 84.2 cm³/mol. The molecule has 3 aromatic rings. The lowest BCUT2D eigenvalue weighted by Gasteiger charge is -2.06. The van der Waals surface area contributed by atoms with E-state index in [0.29, 0.717) is 11.2 Å². The largest absolute Gasteiger partial charge is 0.246 e. The van der Waals surface area contributed by atoms with E-state index in [9.17, 15) is 8.42 Å². The first-order chi connectivity index (χ1) is 9.95. The molecule has 2 heterocycles. The van der Waals surface area contributed by atoms with Gasteiger partial charge in [0.15, 0.2) is 5.03 Å². The third kappa shape index (κ3) is 2.82. The molecule has 0 bridgehead atoms. The van der Waals surface area contributed by atoms with E-state index in [0.717, 1.165) is 16.0 Å². The van der Waals surface area contributed by atoms with Crippen LogP contribution in [0.3, 0.4) is 0 Å². The second kappa shape index (κ2) is 5.20. The average Bonchev–Trinajstić information content (AvgIpc) is 2.83. The van der Waals surface area contributed by atoms with Gasteiger partial charge in [0.05, 0.1) is 22.0 Å². The molecule has 0 radical (unpaired) electrons. The molecule has 0 saturated heterocycles. The molecule has 108 valence electrons. The summed E-state index contributed by atoms with van der Waals surface area (Å²) < 4.78 is 25.0. The van der Waals surface area contributed by atoms with E-state index in [2.05, 4.69) is 9.97 Å². The first-order valence-electron chi connectivity index (χ1n) is 6.46. The number of aryl methyl sites for hydroxylation is 2. The number of nitrogens with zero attached hydrogens (tertiary/aromatic N) is 2. The summed E-state index contributed by atoms with van der Waals surface area (Å²) in [6.45, 7) is 3.76. The maximum atomic E-state index is 12.5. The topological polar surface area (TPSA) is 59.9 Å². The van der Waals surface area contributed by atoms with E-state index in [4.69, 9.17) is 0 Å². The standard InChI is InChI=1S/C15H14N2O2S2/c1-10-7-15(17-14-6-4-3-5-13(10)14)21(18,19)9-12-8-20-11(2)16-12/h3-8H,9H2,1-2H3. The molecule has 6 heteroatoms. The molecule has 0 spiro atoms. The molecule has 0 aliphatic carbocycles. The van der Waals surface area contributed by atoms with Crippen LogP contribution in [0.5, 0.6) is 0 Å². The van der Waals surface area contributed by atoms with Gasteiger partial charge in [-0.15, -0.1) is 11.3 Å². The zero-order valence-corrected chi connectivity index (χ0v) is 13.3. The Kier molecular flexibility index (Phi) is 3.51. The quantitative estimate of drug-likeness (QED) is 0.743. The van der Waals surface area contributed by atoms with Crippen molar-refractivity contribution in [1.29, 1.82) is 0 Å². The lowest BCUT2D eigenvalue weighted by atomic mass is 10.1. The number of rotatable bonds is 3. The Hall–Kier alpha value is -1.79. The molecule has 0 aliphatic rings. The number of pyridine rings is 1. The molecular formula is C15H14N2O2S2. The van der Waals surface area contributed by atoms with Gasteiger partial charge < -0.3 is 0 Å².